The lowest BCUT2D eigenvalue weighted by molar-refractivity contribution is 0.368. The van der Waals surface area contributed by atoms with Gasteiger partial charge in [0.1, 0.15) is 11.8 Å². The molecule has 0 radical (unpaired) electrons. The van der Waals surface area contributed by atoms with Gasteiger partial charge in [-0.15, -0.1) is 0 Å². The van der Waals surface area contributed by atoms with E-state index in [0.29, 0.717) is 6.04 Å². The van der Waals surface area contributed by atoms with Crippen LogP contribution in [0.4, 0.5) is 0 Å². The number of benzene rings is 1. The molecule has 0 aromatic heterocycles. The van der Waals surface area contributed by atoms with Crippen molar-refractivity contribution in [2.45, 2.75) is 19.4 Å². The lowest BCUT2D eigenvalue weighted by Crippen LogP contribution is -2.23. The highest BCUT2D eigenvalue weighted by molar-refractivity contribution is 5.27. The Morgan fingerprint density at radius 3 is 2.60 bits per heavy atom. The van der Waals surface area contributed by atoms with Crippen molar-refractivity contribution in [3.63, 3.8) is 0 Å². The van der Waals surface area contributed by atoms with Gasteiger partial charge in [0.15, 0.2) is 6.61 Å². The number of hydrogen-bond donors (Lipinski definition) is 1. The molecular formula is C12H16N2O. The van der Waals surface area contributed by atoms with Gasteiger partial charge in [-0.25, -0.2) is 0 Å². The summed E-state index contributed by atoms with van der Waals surface area (Å²) in [4.78, 5) is 0. The van der Waals surface area contributed by atoms with E-state index in [1.807, 2.05) is 37.4 Å². The molecule has 0 spiro atoms. The second kappa shape index (κ2) is 6.05. The maximum Gasteiger partial charge on any atom is 0.174 e. The van der Waals surface area contributed by atoms with Gasteiger partial charge >= 0.3 is 0 Å². The normalized spacial score (nSPS) is 11.8. The number of nitriles is 1. The highest BCUT2D eigenvalue weighted by atomic mass is 16.5. The average molecular weight is 204 g/mol. The first-order chi connectivity index (χ1) is 7.26. The highest BCUT2D eigenvalue weighted by Gasteiger charge is 2.00. The van der Waals surface area contributed by atoms with Crippen LogP contribution in [0.2, 0.25) is 0 Å². The molecule has 80 valence electrons. The van der Waals surface area contributed by atoms with Crippen LogP contribution in [-0.4, -0.2) is 19.7 Å². The molecule has 1 rings (SSSR count). The van der Waals surface area contributed by atoms with Gasteiger partial charge in [-0.1, -0.05) is 12.1 Å². The molecule has 15 heavy (non-hydrogen) atoms. The third kappa shape index (κ3) is 4.01. The summed E-state index contributed by atoms with van der Waals surface area (Å²) in [7, 11) is 1.95. The molecule has 0 saturated heterocycles. The van der Waals surface area contributed by atoms with E-state index in [-0.39, 0.29) is 6.61 Å². The first kappa shape index (κ1) is 11.5. The third-order valence-corrected chi connectivity index (χ3v) is 2.26. The van der Waals surface area contributed by atoms with Gasteiger partial charge in [0.25, 0.3) is 0 Å². The summed E-state index contributed by atoms with van der Waals surface area (Å²) >= 11 is 0. The highest BCUT2D eigenvalue weighted by Crippen LogP contribution is 2.13. The van der Waals surface area contributed by atoms with E-state index in [2.05, 4.69) is 12.2 Å². The Morgan fingerprint density at radius 1 is 1.40 bits per heavy atom. The summed E-state index contributed by atoms with van der Waals surface area (Å²) in [6.45, 7) is 2.24. The molecule has 1 unspecified atom stereocenters. The van der Waals surface area contributed by atoms with Gasteiger partial charge in [-0.05, 0) is 38.1 Å². The van der Waals surface area contributed by atoms with Gasteiger partial charge in [-0.3, -0.25) is 0 Å². The maximum absolute atomic E-state index is 8.35. The molecule has 3 heteroatoms. The van der Waals surface area contributed by atoms with Crippen LogP contribution in [-0.2, 0) is 6.42 Å². The summed E-state index contributed by atoms with van der Waals surface area (Å²) in [5, 5.41) is 11.5. The second-order valence-electron chi connectivity index (χ2n) is 3.48. The summed E-state index contributed by atoms with van der Waals surface area (Å²) in [5.41, 5.74) is 1.26. The topological polar surface area (TPSA) is 45.0 Å². The van der Waals surface area contributed by atoms with Crippen molar-refractivity contribution in [2.75, 3.05) is 13.7 Å². The molecule has 0 amide bonds. The summed E-state index contributed by atoms with van der Waals surface area (Å²) in [6, 6.07) is 10.3. The van der Waals surface area contributed by atoms with E-state index in [1.54, 1.807) is 0 Å². The molecule has 1 aromatic carbocycles. The minimum Gasteiger partial charge on any atom is -0.479 e. The van der Waals surface area contributed by atoms with Crippen LogP contribution in [0, 0.1) is 11.3 Å². The molecule has 0 aliphatic rings. The molecule has 0 bridgehead atoms. The fourth-order valence-corrected chi connectivity index (χ4v) is 1.29. The van der Waals surface area contributed by atoms with E-state index < -0.39 is 0 Å². The van der Waals surface area contributed by atoms with Crippen LogP contribution >= 0.6 is 0 Å². The zero-order valence-corrected chi connectivity index (χ0v) is 9.16. The standard InChI is InChI=1S/C12H16N2O/c1-10(14-2)9-11-3-5-12(6-4-11)15-8-7-13/h3-6,10,14H,8-9H2,1-2H3. The van der Waals surface area contributed by atoms with Crippen molar-refractivity contribution in [3.05, 3.63) is 29.8 Å². The monoisotopic (exact) mass is 204 g/mol. The Kier molecular flexibility index (Phi) is 4.65. The number of hydrogen-bond acceptors (Lipinski definition) is 3. The SMILES string of the molecule is CNC(C)Cc1ccc(OCC#N)cc1. The van der Waals surface area contributed by atoms with Gasteiger partial charge in [-0.2, -0.15) is 5.26 Å². The molecule has 0 saturated carbocycles. The third-order valence-electron chi connectivity index (χ3n) is 2.26. The number of ether oxygens (including phenoxy) is 1. The summed E-state index contributed by atoms with van der Waals surface area (Å²) in [6.07, 6.45) is 0.995. The van der Waals surface area contributed by atoms with Crippen molar-refractivity contribution in [1.29, 1.82) is 5.26 Å². The van der Waals surface area contributed by atoms with Crippen LogP contribution in [0.3, 0.4) is 0 Å². The van der Waals surface area contributed by atoms with Crippen LogP contribution in [0.1, 0.15) is 12.5 Å². The van der Waals surface area contributed by atoms with Crippen LogP contribution in [0.25, 0.3) is 0 Å². The van der Waals surface area contributed by atoms with Crippen molar-refractivity contribution in [1.82, 2.24) is 5.32 Å². The molecular weight excluding hydrogens is 188 g/mol. The zero-order valence-electron chi connectivity index (χ0n) is 9.16. The minimum absolute atomic E-state index is 0.103. The maximum atomic E-state index is 8.35. The first-order valence-electron chi connectivity index (χ1n) is 5.02. The molecule has 3 nitrogen and oxygen atoms in total. The molecule has 1 N–H and O–H groups in total. The van der Waals surface area contributed by atoms with Crippen molar-refractivity contribution in [2.24, 2.45) is 0 Å². The minimum atomic E-state index is 0.103. The van der Waals surface area contributed by atoms with Gasteiger partial charge in [0.2, 0.25) is 0 Å². The molecule has 0 heterocycles. The molecule has 0 aliphatic heterocycles. The van der Waals surface area contributed by atoms with E-state index in [0.717, 1.165) is 12.2 Å². The second-order valence-corrected chi connectivity index (χ2v) is 3.48. The van der Waals surface area contributed by atoms with E-state index in [4.69, 9.17) is 10.00 Å². The van der Waals surface area contributed by atoms with Crippen molar-refractivity contribution < 1.29 is 4.74 Å². The lowest BCUT2D eigenvalue weighted by Gasteiger charge is -2.10. The molecule has 1 aromatic rings. The van der Waals surface area contributed by atoms with E-state index in [9.17, 15) is 0 Å². The largest absolute Gasteiger partial charge is 0.479 e. The Hall–Kier alpha value is -1.53. The van der Waals surface area contributed by atoms with Crippen LogP contribution in [0.5, 0.6) is 5.75 Å². The summed E-state index contributed by atoms with van der Waals surface area (Å²) in [5.74, 6) is 0.748. The first-order valence-corrected chi connectivity index (χ1v) is 5.02. The fourth-order valence-electron chi connectivity index (χ4n) is 1.29. The van der Waals surface area contributed by atoms with Crippen LogP contribution in [0.15, 0.2) is 24.3 Å². The van der Waals surface area contributed by atoms with E-state index >= 15 is 0 Å². The summed E-state index contributed by atoms with van der Waals surface area (Å²) < 4.78 is 5.16. The van der Waals surface area contributed by atoms with Crippen molar-refractivity contribution >= 4 is 0 Å². The Labute approximate surface area is 90.7 Å². The average Bonchev–Trinajstić information content (AvgIpc) is 2.28. The quantitative estimate of drug-likeness (QED) is 0.794. The van der Waals surface area contributed by atoms with E-state index in [1.165, 1.54) is 5.56 Å². The number of nitrogens with one attached hydrogen (secondary N) is 1. The van der Waals surface area contributed by atoms with Gasteiger partial charge in [0, 0.05) is 6.04 Å². The number of likely N-dealkylation sites (N-methyl/N-ethyl adjacent to an activating group) is 1. The van der Waals surface area contributed by atoms with Gasteiger partial charge < -0.3 is 10.1 Å². The molecule has 1 atom stereocenters. The van der Waals surface area contributed by atoms with Crippen LogP contribution < -0.4 is 10.1 Å². The predicted octanol–water partition coefficient (Wildman–Crippen LogP) is 1.74. The van der Waals surface area contributed by atoms with Crippen molar-refractivity contribution in [3.8, 4) is 11.8 Å². The molecule has 0 aliphatic carbocycles. The molecule has 0 fully saturated rings. The fraction of sp³-hybridized carbons (Fsp3) is 0.417. The zero-order chi connectivity index (χ0) is 11.1. The number of rotatable bonds is 5. The van der Waals surface area contributed by atoms with Gasteiger partial charge in [0.05, 0.1) is 0 Å². The Bertz CT molecular complexity index is 326. The Balaban J connectivity index is 2.53. The Morgan fingerprint density at radius 2 is 2.07 bits per heavy atom. The predicted molar refractivity (Wildman–Crippen MR) is 59.8 cm³/mol. The smallest absolute Gasteiger partial charge is 0.174 e. The number of nitrogens with zero attached hydrogens (tertiary/aromatic N) is 1. The lowest BCUT2D eigenvalue weighted by atomic mass is 10.1.